The van der Waals surface area contributed by atoms with E-state index in [2.05, 4.69) is 5.32 Å². The Balaban J connectivity index is 1.72. The number of furan rings is 1. The first-order valence-electron chi connectivity index (χ1n) is 7.55. The van der Waals surface area contributed by atoms with E-state index >= 15 is 0 Å². The molecule has 0 amide bonds. The number of rotatable bonds is 5. The number of hydrogen-bond donors (Lipinski definition) is 1. The Morgan fingerprint density at radius 2 is 2.00 bits per heavy atom. The van der Waals surface area contributed by atoms with Gasteiger partial charge in [-0.25, -0.2) is 0 Å². The molecule has 0 saturated heterocycles. The van der Waals surface area contributed by atoms with Crippen molar-refractivity contribution in [2.24, 2.45) is 0 Å². The first kappa shape index (κ1) is 17.8. The Morgan fingerprint density at radius 3 is 2.72 bits per heavy atom. The van der Waals surface area contributed by atoms with Gasteiger partial charge < -0.3 is 14.5 Å². The topological polar surface area (TPSA) is 34.4 Å². The van der Waals surface area contributed by atoms with Crippen molar-refractivity contribution < 1.29 is 9.15 Å². The number of ether oxygens (including phenoxy) is 1. The third-order valence-electron chi connectivity index (χ3n) is 3.60. The lowest BCUT2D eigenvalue weighted by molar-refractivity contribution is 0.306. The number of aryl methyl sites for hydroxylation is 1. The lowest BCUT2D eigenvalue weighted by Gasteiger charge is -2.12. The minimum Gasteiger partial charge on any atom is -0.489 e. The molecule has 0 aliphatic heterocycles. The molecule has 0 atom stereocenters. The second-order valence-electron chi connectivity index (χ2n) is 5.40. The fourth-order valence-corrected chi connectivity index (χ4v) is 2.98. The average Bonchev–Trinajstić information content (AvgIpc) is 3.01. The highest BCUT2D eigenvalue weighted by Gasteiger charge is 2.09. The Kier molecular flexibility index (Phi) is 5.63. The molecule has 0 aliphatic carbocycles. The van der Waals surface area contributed by atoms with Gasteiger partial charge in [0.1, 0.15) is 23.1 Å². The SMILES string of the molecule is Cc1occc1C(=S)Nc1ccc(Cl)c(COc2cccc(Cl)c2)c1. The summed E-state index contributed by atoms with van der Waals surface area (Å²) in [6.07, 6.45) is 1.62. The highest BCUT2D eigenvalue weighted by atomic mass is 35.5. The molecule has 0 aliphatic rings. The smallest absolute Gasteiger partial charge is 0.121 e. The summed E-state index contributed by atoms with van der Waals surface area (Å²) in [4.78, 5) is 0.593. The van der Waals surface area contributed by atoms with Crippen molar-refractivity contribution in [3.05, 3.63) is 81.7 Å². The molecule has 3 aromatic rings. The number of anilines is 1. The fourth-order valence-electron chi connectivity index (χ4n) is 2.30. The lowest BCUT2D eigenvalue weighted by Crippen LogP contribution is -2.11. The zero-order valence-electron chi connectivity index (χ0n) is 13.4. The summed E-state index contributed by atoms with van der Waals surface area (Å²) < 4.78 is 11.0. The normalized spacial score (nSPS) is 10.5. The summed E-state index contributed by atoms with van der Waals surface area (Å²) in [5.41, 5.74) is 2.54. The highest BCUT2D eigenvalue weighted by Crippen LogP contribution is 2.24. The van der Waals surface area contributed by atoms with Gasteiger partial charge in [0.2, 0.25) is 0 Å². The van der Waals surface area contributed by atoms with Gasteiger partial charge in [0.05, 0.1) is 11.8 Å². The second kappa shape index (κ2) is 7.91. The quantitative estimate of drug-likeness (QED) is 0.520. The molecular weight excluding hydrogens is 377 g/mol. The molecule has 25 heavy (non-hydrogen) atoms. The molecule has 1 aromatic heterocycles. The van der Waals surface area contributed by atoms with E-state index in [0.29, 0.717) is 27.4 Å². The van der Waals surface area contributed by atoms with Gasteiger partial charge in [0, 0.05) is 21.3 Å². The Bertz CT molecular complexity index is 908. The van der Waals surface area contributed by atoms with Crippen molar-refractivity contribution >= 4 is 46.1 Å². The van der Waals surface area contributed by atoms with Crippen LogP contribution in [-0.2, 0) is 6.61 Å². The third-order valence-corrected chi connectivity index (χ3v) is 4.52. The van der Waals surface area contributed by atoms with Crippen LogP contribution in [0.25, 0.3) is 0 Å². The molecule has 1 N–H and O–H groups in total. The second-order valence-corrected chi connectivity index (χ2v) is 6.65. The van der Waals surface area contributed by atoms with Crippen LogP contribution in [0.3, 0.4) is 0 Å². The number of halogens is 2. The molecule has 0 unspecified atom stereocenters. The summed E-state index contributed by atoms with van der Waals surface area (Å²) in [6, 6.07) is 14.7. The third kappa shape index (κ3) is 4.54. The zero-order chi connectivity index (χ0) is 17.8. The van der Waals surface area contributed by atoms with Gasteiger partial charge in [-0.15, -0.1) is 0 Å². The van der Waals surface area contributed by atoms with Crippen LogP contribution in [0.5, 0.6) is 5.75 Å². The Labute approximate surface area is 161 Å². The van der Waals surface area contributed by atoms with E-state index in [-0.39, 0.29) is 0 Å². The van der Waals surface area contributed by atoms with Crippen LogP contribution >= 0.6 is 35.4 Å². The van der Waals surface area contributed by atoms with E-state index in [9.17, 15) is 0 Å². The fraction of sp³-hybridized carbons (Fsp3) is 0.105. The van der Waals surface area contributed by atoms with Gasteiger partial charge >= 0.3 is 0 Å². The van der Waals surface area contributed by atoms with Crippen LogP contribution in [0.1, 0.15) is 16.9 Å². The summed E-state index contributed by atoms with van der Waals surface area (Å²) in [7, 11) is 0. The predicted octanol–water partition coefficient (Wildman–Crippen LogP) is 6.26. The first-order valence-corrected chi connectivity index (χ1v) is 8.71. The van der Waals surface area contributed by atoms with Gasteiger partial charge in [-0.3, -0.25) is 0 Å². The molecule has 0 bridgehead atoms. The maximum Gasteiger partial charge on any atom is 0.121 e. The molecule has 0 spiro atoms. The summed E-state index contributed by atoms with van der Waals surface area (Å²) >= 11 is 17.7. The molecule has 2 aromatic carbocycles. The van der Waals surface area contributed by atoms with Crippen LogP contribution in [0.4, 0.5) is 5.69 Å². The van der Waals surface area contributed by atoms with E-state index in [1.54, 1.807) is 18.4 Å². The number of nitrogens with one attached hydrogen (secondary N) is 1. The standard InChI is InChI=1S/C19H15Cl2NO2S/c1-12-17(7-8-23-12)19(25)22-15-5-6-18(21)13(9-15)11-24-16-4-2-3-14(20)10-16/h2-10H,11H2,1H3,(H,22,25). The van der Waals surface area contributed by atoms with Gasteiger partial charge in [-0.2, -0.15) is 0 Å². The van der Waals surface area contributed by atoms with Crippen LogP contribution in [-0.4, -0.2) is 4.99 Å². The molecular formula is C19H15Cl2NO2S. The number of benzene rings is 2. The highest BCUT2D eigenvalue weighted by molar-refractivity contribution is 7.81. The summed E-state index contributed by atoms with van der Waals surface area (Å²) in [5, 5.41) is 4.44. The summed E-state index contributed by atoms with van der Waals surface area (Å²) in [6.45, 7) is 2.20. The molecule has 128 valence electrons. The van der Waals surface area contributed by atoms with E-state index in [0.717, 1.165) is 22.6 Å². The van der Waals surface area contributed by atoms with E-state index < -0.39 is 0 Å². The predicted molar refractivity (Wildman–Crippen MR) is 106 cm³/mol. The maximum absolute atomic E-state index is 6.27. The monoisotopic (exact) mass is 391 g/mol. The van der Waals surface area contributed by atoms with Crippen molar-refractivity contribution in [2.45, 2.75) is 13.5 Å². The Hall–Kier alpha value is -2.01. The van der Waals surface area contributed by atoms with Crippen LogP contribution in [0, 0.1) is 6.92 Å². The minimum absolute atomic E-state index is 0.326. The van der Waals surface area contributed by atoms with E-state index in [1.165, 1.54) is 0 Å². The molecule has 0 fully saturated rings. The van der Waals surface area contributed by atoms with Gasteiger partial charge in [0.25, 0.3) is 0 Å². The van der Waals surface area contributed by atoms with Crippen LogP contribution in [0.15, 0.2) is 59.2 Å². The van der Waals surface area contributed by atoms with Crippen LogP contribution in [0.2, 0.25) is 10.0 Å². The van der Waals surface area contributed by atoms with E-state index in [4.69, 9.17) is 44.6 Å². The largest absolute Gasteiger partial charge is 0.489 e. The number of hydrogen-bond acceptors (Lipinski definition) is 3. The number of thiocarbonyl (C=S) groups is 1. The first-order chi connectivity index (χ1) is 12.0. The summed E-state index contributed by atoms with van der Waals surface area (Å²) in [5.74, 6) is 1.46. The van der Waals surface area contributed by atoms with Crippen molar-refractivity contribution in [1.82, 2.24) is 0 Å². The zero-order valence-corrected chi connectivity index (χ0v) is 15.7. The van der Waals surface area contributed by atoms with Crippen molar-refractivity contribution in [1.29, 1.82) is 0 Å². The molecule has 6 heteroatoms. The molecule has 3 rings (SSSR count). The van der Waals surface area contributed by atoms with Crippen molar-refractivity contribution in [3.63, 3.8) is 0 Å². The Morgan fingerprint density at radius 1 is 1.16 bits per heavy atom. The average molecular weight is 392 g/mol. The molecule has 0 radical (unpaired) electrons. The maximum atomic E-state index is 6.27. The molecule has 1 heterocycles. The molecule has 0 saturated carbocycles. The van der Waals surface area contributed by atoms with Crippen molar-refractivity contribution in [2.75, 3.05) is 5.32 Å². The van der Waals surface area contributed by atoms with E-state index in [1.807, 2.05) is 43.3 Å². The van der Waals surface area contributed by atoms with Gasteiger partial charge in [-0.05, 0) is 49.4 Å². The van der Waals surface area contributed by atoms with Crippen molar-refractivity contribution in [3.8, 4) is 5.75 Å². The van der Waals surface area contributed by atoms with Gasteiger partial charge in [-0.1, -0.05) is 41.5 Å². The minimum atomic E-state index is 0.326. The van der Waals surface area contributed by atoms with Crippen LogP contribution < -0.4 is 10.1 Å². The molecule has 3 nitrogen and oxygen atoms in total. The lowest BCUT2D eigenvalue weighted by atomic mass is 10.2. The van der Waals surface area contributed by atoms with Gasteiger partial charge in [0.15, 0.2) is 0 Å².